The van der Waals surface area contributed by atoms with Gasteiger partial charge < -0.3 is 9.47 Å². The molecule has 2 aliphatic rings. The number of carbonyl (C=O) groups excluding carboxylic acids is 2. The van der Waals surface area contributed by atoms with Crippen molar-refractivity contribution in [3.63, 3.8) is 0 Å². The summed E-state index contributed by atoms with van der Waals surface area (Å²) < 4.78 is 11.1. The van der Waals surface area contributed by atoms with Gasteiger partial charge >= 0.3 is 11.9 Å². The Morgan fingerprint density at radius 3 is 2.19 bits per heavy atom. The van der Waals surface area contributed by atoms with Crippen molar-refractivity contribution in [1.29, 1.82) is 0 Å². The molecule has 2 aliphatic carbocycles. The van der Waals surface area contributed by atoms with Crippen molar-refractivity contribution in [2.45, 2.75) is 67.7 Å². The van der Waals surface area contributed by atoms with Gasteiger partial charge in [-0.2, -0.15) is 0 Å². The van der Waals surface area contributed by atoms with Gasteiger partial charge in [0, 0.05) is 11.5 Å². The third-order valence-corrected chi connectivity index (χ3v) is 6.89. The van der Waals surface area contributed by atoms with E-state index in [1.54, 1.807) is 13.8 Å². The number of esters is 2. The lowest BCUT2D eigenvalue weighted by atomic mass is 9.66. The molecule has 146 valence electrons. The quantitative estimate of drug-likeness (QED) is 0.377. The first-order chi connectivity index (χ1) is 11.9. The molecule has 2 rings (SSSR count). The predicted octanol–water partition coefficient (Wildman–Crippen LogP) is 5.04. The van der Waals surface area contributed by atoms with Gasteiger partial charge in [-0.1, -0.05) is 41.2 Å². The molecule has 0 aliphatic heterocycles. The maximum Gasteiger partial charge on any atom is 0.338 e. The predicted molar refractivity (Wildman–Crippen MR) is 102 cm³/mol. The number of allylic oxidation sites excluding steroid dienone is 1. The van der Waals surface area contributed by atoms with E-state index in [0.29, 0.717) is 29.4 Å². The number of ether oxygens (including phenoxy) is 2. The Morgan fingerprint density at radius 1 is 1.15 bits per heavy atom. The first kappa shape index (κ1) is 20.7. The molecular weight excluding hydrogens is 328 g/mol. The van der Waals surface area contributed by atoms with Crippen molar-refractivity contribution in [1.82, 2.24) is 0 Å². The van der Waals surface area contributed by atoms with Crippen LogP contribution in [0.1, 0.15) is 67.7 Å². The molecular formula is C22H34O4. The van der Waals surface area contributed by atoms with Crippen molar-refractivity contribution >= 4 is 11.9 Å². The third kappa shape index (κ3) is 3.47. The van der Waals surface area contributed by atoms with Crippen molar-refractivity contribution in [2.24, 2.45) is 28.6 Å². The van der Waals surface area contributed by atoms with Gasteiger partial charge in [-0.25, -0.2) is 9.59 Å². The van der Waals surface area contributed by atoms with Gasteiger partial charge in [0.05, 0.1) is 12.2 Å². The molecule has 4 heteroatoms. The fraction of sp³-hybridized carbons (Fsp3) is 0.727. The largest absolute Gasteiger partial charge is 0.462 e. The van der Waals surface area contributed by atoms with Gasteiger partial charge in [-0.05, 0) is 55.8 Å². The molecule has 0 N–H and O–H groups in total. The van der Waals surface area contributed by atoms with Crippen LogP contribution in [0.2, 0.25) is 0 Å². The minimum atomic E-state index is -0.472. The van der Waals surface area contributed by atoms with Crippen molar-refractivity contribution in [3.05, 3.63) is 23.5 Å². The highest BCUT2D eigenvalue weighted by Gasteiger charge is 2.63. The second kappa shape index (κ2) is 7.21. The molecule has 3 atom stereocenters. The van der Waals surface area contributed by atoms with E-state index >= 15 is 0 Å². The molecule has 2 fully saturated rings. The minimum absolute atomic E-state index is 0.00193. The van der Waals surface area contributed by atoms with Gasteiger partial charge in [0.25, 0.3) is 0 Å². The van der Waals surface area contributed by atoms with E-state index in [0.717, 1.165) is 12.8 Å². The Morgan fingerprint density at radius 2 is 1.77 bits per heavy atom. The molecule has 4 nitrogen and oxygen atoms in total. The lowest BCUT2D eigenvalue weighted by Gasteiger charge is -2.40. The van der Waals surface area contributed by atoms with Crippen LogP contribution in [-0.2, 0) is 19.1 Å². The van der Waals surface area contributed by atoms with Gasteiger partial charge in [0.1, 0.15) is 5.76 Å². The topological polar surface area (TPSA) is 52.6 Å². The summed E-state index contributed by atoms with van der Waals surface area (Å²) in [6.07, 6.45) is 3.22. The van der Waals surface area contributed by atoms with Gasteiger partial charge in [-0.3, -0.25) is 0 Å². The normalized spacial score (nSPS) is 30.2. The number of carbonyl (C=O) groups is 2. The molecule has 2 bridgehead atoms. The van der Waals surface area contributed by atoms with Gasteiger partial charge in [0.2, 0.25) is 0 Å². The van der Waals surface area contributed by atoms with Crippen LogP contribution in [0, 0.1) is 28.6 Å². The molecule has 0 radical (unpaired) electrons. The Balaban J connectivity index is 2.39. The van der Waals surface area contributed by atoms with Gasteiger partial charge in [0.15, 0.2) is 0 Å². The SMILES string of the molecule is C=C(C)C(=O)OC(=C(C)C(=O)OCC(C)C)C1C[C@H]2CC[C@@]1(C)C2(C)C. The molecule has 0 heterocycles. The lowest BCUT2D eigenvalue weighted by Crippen LogP contribution is -2.35. The zero-order valence-corrected chi connectivity index (χ0v) is 17.4. The number of fused-ring (bicyclic) bond motifs is 2. The molecule has 0 spiro atoms. The Labute approximate surface area is 158 Å². The van der Waals surface area contributed by atoms with E-state index in [1.165, 1.54) is 6.42 Å². The van der Waals surface area contributed by atoms with Crippen LogP contribution < -0.4 is 0 Å². The molecule has 0 aromatic carbocycles. The lowest BCUT2D eigenvalue weighted by molar-refractivity contribution is -0.141. The Hall–Kier alpha value is -1.58. The van der Waals surface area contributed by atoms with Crippen LogP contribution in [0.5, 0.6) is 0 Å². The maximum absolute atomic E-state index is 12.6. The van der Waals surface area contributed by atoms with Crippen molar-refractivity contribution in [3.8, 4) is 0 Å². The monoisotopic (exact) mass is 362 g/mol. The summed E-state index contributed by atoms with van der Waals surface area (Å²) >= 11 is 0. The van der Waals surface area contributed by atoms with Crippen molar-refractivity contribution in [2.75, 3.05) is 6.61 Å². The molecule has 0 amide bonds. The van der Waals surface area contributed by atoms with E-state index in [-0.39, 0.29) is 22.7 Å². The van der Waals surface area contributed by atoms with Crippen LogP contribution in [0.25, 0.3) is 0 Å². The second-order valence-corrected chi connectivity index (χ2v) is 9.31. The van der Waals surface area contributed by atoms with Gasteiger partial charge in [-0.15, -0.1) is 0 Å². The zero-order chi connectivity index (χ0) is 19.9. The summed E-state index contributed by atoms with van der Waals surface area (Å²) in [5.41, 5.74) is 0.899. The fourth-order valence-electron chi connectivity index (χ4n) is 4.65. The maximum atomic E-state index is 12.6. The van der Waals surface area contributed by atoms with Crippen LogP contribution >= 0.6 is 0 Å². The highest BCUT2D eigenvalue weighted by molar-refractivity contribution is 5.91. The standard InChI is InChI=1S/C22H34O4/c1-13(2)12-25-20(24)15(5)18(26-19(23)14(3)4)17-11-16-9-10-22(17,8)21(16,6)7/h13,16-17H,3,9-12H2,1-2,4-8H3/t16-,17?,22-/m1/s1. The second-order valence-electron chi connectivity index (χ2n) is 9.31. The first-order valence-electron chi connectivity index (χ1n) is 9.67. The summed E-state index contributed by atoms with van der Waals surface area (Å²) in [4.78, 5) is 24.8. The molecule has 0 aromatic heterocycles. The van der Waals surface area contributed by atoms with Crippen LogP contribution in [0.4, 0.5) is 0 Å². The van der Waals surface area contributed by atoms with E-state index < -0.39 is 11.9 Å². The Kier molecular flexibility index (Phi) is 5.74. The van der Waals surface area contributed by atoms with Crippen LogP contribution in [-0.4, -0.2) is 18.5 Å². The van der Waals surface area contributed by atoms with Crippen LogP contribution in [0.3, 0.4) is 0 Å². The molecule has 1 unspecified atom stereocenters. The highest BCUT2D eigenvalue weighted by Crippen LogP contribution is 2.69. The number of hydrogen-bond donors (Lipinski definition) is 0. The van der Waals surface area contributed by atoms with E-state index in [9.17, 15) is 9.59 Å². The summed E-state index contributed by atoms with van der Waals surface area (Å²) in [7, 11) is 0. The summed E-state index contributed by atoms with van der Waals surface area (Å²) in [6.45, 7) is 18.2. The first-order valence-corrected chi connectivity index (χ1v) is 9.67. The average Bonchev–Trinajstić information content (AvgIpc) is 2.89. The Bertz CT molecular complexity index is 641. The molecule has 2 saturated carbocycles. The van der Waals surface area contributed by atoms with Crippen molar-refractivity contribution < 1.29 is 19.1 Å². The molecule has 0 saturated heterocycles. The fourth-order valence-corrected chi connectivity index (χ4v) is 4.65. The number of hydrogen-bond acceptors (Lipinski definition) is 4. The van der Waals surface area contributed by atoms with E-state index in [4.69, 9.17) is 9.47 Å². The highest BCUT2D eigenvalue weighted by atomic mass is 16.5. The number of rotatable bonds is 6. The summed E-state index contributed by atoms with van der Waals surface area (Å²) in [5, 5.41) is 0. The average molecular weight is 363 g/mol. The summed E-state index contributed by atoms with van der Waals surface area (Å²) in [5.74, 6) is 0.505. The van der Waals surface area contributed by atoms with Crippen LogP contribution in [0.15, 0.2) is 23.5 Å². The summed E-state index contributed by atoms with van der Waals surface area (Å²) in [6, 6.07) is 0. The molecule has 26 heavy (non-hydrogen) atoms. The van der Waals surface area contributed by atoms with E-state index in [1.807, 2.05) is 13.8 Å². The smallest absolute Gasteiger partial charge is 0.338 e. The zero-order valence-electron chi connectivity index (χ0n) is 17.4. The minimum Gasteiger partial charge on any atom is -0.462 e. The third-order valence-electron chi connectivity index (χ3n) is 6.89. The van der Waals surface area contributed by atoms with E-state index in [2.05, 4.69) is 27.4 Å². The molecule has 0 aromatic rings.